The summed E-state index contributed by atoms with van der Waals surface area (Å²) >= 11 is 0. The molecule has 0 radical (unpaired) electrons. The van der Waals surface area contributed by atoms with Crippen molar-refractivity contribution >= 4 is 11.6 Å². The average Bonchev–Trinajstić information content (AvgIpc) is 3.54. The molecule has 0 aliphatic carbocycles. The van der Waals surface area contributed by atoms with Crippen LogP contribution in [0.15, 0.2) is 30.3 Å². The molecular formula is C22H20F3N5O3. The van der Waals surface area contributed by atoms with E-state index in [0.29, 0.717) is 40.7 Å². The maximum absolute atomic E-state index is 13.9. The van der Waals surface area contributed by atoms with Crippen LogP contribution in [0.3, 0.4) is 0 Å². The molecule has 8 nitrogen and oxygen atoms in total. The van der Waals surface area contributed by atoms with E-state index in [1.807, 2.05) is 0 Å². The predicted octanol–water partition coefficient (Wildman–Crippen LogP) is 3.06. The predicted molar refractivity (Wildman–Crippen MR) is 110 cm³/mol. The van der Waals surface area contributed by atoms with E-state index in [4.69, 9.17) is 9.47 Å². The van der Waals surface area contributed by atoms with Crippen LogP contribution < -0.4 is 9.47 Å². The zero-order chi connectivity index (χ0) is 22.7. The molecule has 0 N–H and O–H groups in total. The zero-order valence-electron chi connectivity index (χ0n) is 17.5. The summed E-state index contributed by atoms with van der Waals surface area (Å²) in [4.78, 5) is 21.5. The van der Waals surface area contributed by atoms with Crippen molar-refractivity contribution in [2.75, 3.05) is 33.0 Å². The number of hydrogen-bond donors (Lipinski definition) is 0. The maximum atomic E-state index is 13.9. The highest BCUT2D eigenvalue weighted by atomic mass is 19.4. The minimum atomic E-state index is -4.69. The van der Waals surface area contributed by atoms with Gasteiger partial charge in [-0.1, -0.05) is 0 Å². The van der Waals surface area contributed by atoms with Gasteiger partial charge in [-0.2, -0.15) is 18.3 Å². The number of amides is 1. The summed E-state index contributed by atoms with van der Waals surface area (Å²) in [6.07, 6.45) is -2.57. The third kappa shape index (κ3) is 3.47. The summed E-state index contributed by atoms with van der Waals surface area (Å²) in [6.45, 7) is 2.95. The van der Waals surface area contributed by atoms with Crippen molar-refractivity contribution in [3.8, 4) is 22.8 Å². The Hall–Kier alpha value is -3.34. The van der Waals surface area contributed by atoms with Crippen LogP contribution in [0.1, 0.15) is 29.0 Å². The van der Waals surface area contributed by atoms with Gasteiger partial charge in [0.05, 0.1) is 5.69 Å². The van der Waals surface area contributed by atoms with E-state index < -0.39 is 11.9 Å². The Morgan fingerprint density at radius 2 is 1.91 bits per heavy atom. The van der Waals surface area contributed by atoms with Gasteiger partial charge in [0.15, 0.2) is 28.5 Å². The van der Waals surface area contributed by atoms with Gasteiger partial charge < -0.3 is 14.4 Å². The number of carbonyl (C=O) groups is 1. The molecule has 2 fully saturated rings. The summed E-state index contributed by atoms with van der Waals surface area (Å²) in [7, 11) is 0. The Bertz CT molecular complexity index is 1260. The lowest BCUT2D eigenvalue weighted by Crippen LogP contribution is -2.52. The van der Waals surface area contributed by atoms with Gasteiger partial charge in [0.2, 0.25) is 6.79 Å². The Kier molecular flexibility index (Phi) is 4.51. The molecule has 11 heteroatoms. The smallest absolute Gasteiger partial charge is 0.433 e. The van der Waals surface area contributed by atoms with Crippen molar-refractivity contribution in [2.24, 2.45) is 0 Å². The minimum Gasteiger partial charge on any atom is -0.454 e. The van der Waals surface area contributed by atoms with E-state index in [2.05, 4.69) is 15.0 Å². The molecule has 2 aromatic heterocycles. The fraction of sp³-hybridized carbons (Fsp3) is 0.409. The molecule has 0 spiro atoms. The fourth-order valence-electron chi connectivity index (χ4n) is 4.82. The van der Waals surface area contributed by atoms with E-state index in [9.17, 15) is 18.0 Å². The monoisotopic (exact) mass is 459 g/mol. The topological polar surface area (TPSA) is 72.2 Å². The normalized spacial score (nSPS) is 20.5. The van der Waals surface area contributed by atoms with Gasteiger partial charge in [-0.25, -0.2) is 9.50 Å². The van der Waals surface area contributed by atoms with Crippen molar-refractivity contribution in [1.29, 1.82) is 0 Å². The van der Waals surface area contributed by atoms with Gasteiger partial charge >= 0.3 is 6.18 Å². The SMILES string of the molecule is O=C(c1cc2nc(-c3ccc4c(c3)OCO4)cc(C(F)(F)F)n2n1)N1CCN2CCC[C@H]2C1. The number of nitrogens with zero attached hydrogens (tertiary/aromatic N) is 5. The maximum Gasteiger partial charge on any atom is 0.433 e. The number of fused-ring (bicyclic) bond motifs is 3. The molecule has 3 aliphatic rings. The van der Waals surface area contributed by atoms with Crippen molar-refractivity contribution in [2.45, 2.75) is 25.1 Å². The molecule has 6 rings (SSSR count). The number of rotatable bonds is 2. The molecule has 5 heterocycles. The van der Waals surface area contributed by atoms with E-state index in [1.165, 1.54) is 6.07 Å². The van der Waals surface area contributed by atoms with E-state index in [-0.39, 0.29) is 29.7 Å². The lowest BCUT2D eigenvalue weighted by atomic mass is 10.1. The Labute approximate surface area is 186 Å². The molecule has 33 heavy (non-hydrogen) atoms. The molecule has 2 saturated heterocycles. The van der Waals surface area contributed by atoms with Gasteiger partial charge in [0.1, 0.15) is 0 Å². The third-order valence-corrected chi connectivity index (χ3v) is 6.48. The Morgan fingerprint density at radius 3 is 2.76 bits per heavy atom. The van der Waals surface area contributed by atoms with Gasteiger partial charge in [-0.15, -0.1) is 0 Å². The first kappa shape index (κ1) is 20.3. The number of carbonyl (C=O) groups excluding carboxylic acids is 1. The molecule has 1 amide bonds. The van der Waals surface area contributed by atoms with Gasteiger partial charge in [0.25, 0.3) is 5.91 Å². The first-order valence-electron chi connectivity index (χ1n) is 10.8. The van der Waals surface area contributed by atoms with Gasteiger partial charge in [0, 0.05) is 37.3 Å². The number of ether oxygens (including phenoxy) is 2. The van der Waals surface area contributed by atoms with E-state index in [1.54, 1.807) is 23.1 Å². The van der Waals surface area contributed by atoms with Crippen molar-refractivity contribution in [3.63, 3.8) is 0 Å². The molecule has 3 aromatic rings. The second kappa shape index (κ2) is 7.34. The van der Waals surface area contributed by atoms with E-state index in [0.717, 1.165) is 32.0 Å². The van der Waals surface area contributed by atoms with Crippen LogP contribution in [0.2, 0.25) is 0 Å². The number of benzene rings is 1. The van der Waals surface area contributed by atoms with Crippen molar-refractivity contribution in [3.05, 3.63) is 41.7 Å². The van der Waals surface area contributed by atoms with Crippen LogP contribution in [0.5, 0.6) is 11.5 Å². The van der Waals surface area contributed by atoms with E-state index >= 15 is 0 Å². The molecular weight excluding hydrogens is 439 g/mol. The van der Waals surface area contributed by atoms with Crippen LogP contribution in [-0.4, -0.2) is 69.3 Å². The summed E-state index contributed by atoms with van der Waals surface area (Å²) < 4.78 is 53.0. The molecule has 0 unspecified atom stereocenters. The summed E-state index contributed by atoms with van der Waals surface area (Å²) in [6, 6.07) is 7.41. The number of alkyl halides is 3. The number of hydrogen-bond acceptors (Lipinski definition) is 6. The second-order valence-electron chi connectivity index (χ2n) is 8.48. The molecule has 3 aliphatic heterocycles. The Balaban J connectivity index is 1.39. The van der Waals surface area contributed by atoms with Crippen molar-refractivity contribution < 1.29 is 27.4 Å². The standard InChI is InChI=1S/C22H20F3N5O3/c23-22(24,25)19-9-15(13-3-4-17-18(8-13)33-12-32-17)26-20-10-16(27-30(19)20)21(31)29-7-6-28-5-1-2-14(28)11-29/h3-4,8-10,14H,1-2,5-7,11-12H2/t14-/m0/s1. The number of halogens is 3. The highest BCUT2D eigenvalue weighted by Gasteiger charge is 2.37. The second-order valence-corrected chi connectivity index (χ2v) is 8.48. The van der Waals surface area contributed by atoms with Crippen molar-refractivity contribution in [1.82, 2.24) is 24.4 Å². The largest absolute Gasteiger partial charge is 0.454 e. The quantitative estimate of drug-likeness (QED) is 0.587. The first-order chi connectivity index (χ1) is 15.9. The zero-order valence-corrected chi connectivity index (χ0v) is 17.5. The highest BCUT2D eigenvalue weighted by molar-refractivity contribution is 5.93. The van der Waals surface area contributed by atoms with Crippen LogP contribution in [0.4, 0.5) is 13.2 Å². The lowest BCUT2D eigenvalue weighted by molar-refractivity contribution is -0.142. The highest BCUT2D eigenvalue weighted by Crippen LogP contribution is 2.37. The third-order valence-electron chi connectivity index (χ3n) is 6.48. The lowest BCUT2D eigenvalue weighted by Gasteiger charge is -2.37. The molecule has 172 valence electrons. The molecule has 1 aromatic carbocycles. The first-order valence-corrected chi connectivity index (χ1v) is 10.8. The number of piperazine rings is 1. The van der Waals surface area contributed by atoms with Crippen LogP contribution in [0.25, 0.3) is 16.9 Å². The van der Waals surface area contributed by atoms with Crippen LogP contribution in [0, 0.1) is 0 Å². The average molecular weight is 459 g/mol. The Morgan fingerprint density at radius 1 is 1.06 bits per heavy atom. The molecule has 0 saturated carbocycles. The summed E-state index contributed by atoms with van der Waals surface area (Å²) in [5.41, 5.74) is -0.535. The molecule has 0 bridgehead atoms. The number of aromatic nitrogens is 3. The molecule has 1 atom stereocenters. The van der Waals surface area contributed by atoms with Crippen LogP contribution in [-0.2, 0) is 6.18 Å². The fourth-order valence-corrected chi connectivity index (χ4v) is 4.82. The van der Waals surface area contributed by atoms with Crippen LogP contribution >= 0.6 is 0 Å². The summed E-state index contributed by atoms with van der Waals surface area (Å²) in [5, 5.41) is 4.02. The minimum absolute atomic E-state index is 0.0396. The van der Waals surface area contributed by atoms with Gasteiger partial charge in [-0.3, -0.25) is 9.69 Å². The summed E-state index contributed by atoms with van der Waals surface area (Å²) in [5.74, 6) is 0.596. The van der Waals surface area contributed by atoms with Gasteiger partial charge in [-0.05, 0) is 43.7 Å².